The van der Waals surface area contributed by atoms with Gasteiger partial charge in [-0.05, 0) is 18.6 Å². The smallest absolute Gasteiger partial charge is 0.304 e. The van der Waals surface area contributed by atoms with Crippen molar-refractivity contribution in [3.05, 3.63) is 0 Å². The van der Waals surface area contributed by atoms with Gasteiger partial charge in [-0.1, -0.05) is 6.42 Å². The Bertz CT molecular complexity index is 158. The Hall–Kier alpha value is -0.220. The van der Waals surface area contributed by atoms with Gasteiger partial charge in [0, 0.05) is 18.3 Å². The fourth-order valence-electron chi connectivity index (χ4n) is 1.43. The van der Waals surface area contributed by atoms with Crippen LogP contribution in [0.25, 0.3) is 0 Å². The van der Waals surface area contributed by atoms with E-state index in [9.17, 15) is 4.79 Å². The van der Waals surface area contributed by atoms with Crippen LogP contribution in [-0.2, 0) is 4.79 Å². The Morgan fingerprint density at radius 2 is 2.38 bits per heavy atom. The van der Waals surface area contributed by atoms with Gasteiger partial charge < -0.3 is 10.4 Å². The average Bonchev–Trinajstić information content (AvgIpc) is 2.14. The first-order valence-electron chi connectivity index (χ1n) is 4.83. The lowest BCUT2D eigenvalue weighted by molar-refractivity contribution is -0.136. The number of hydrogen-bond acceptors (Lipinski definition) is 3. The molecule has 1 fully saturated rings. The number of rotatable bonds is 5. The molecule has 1 aliphatic rings. The van der Waals surface area contributed by atoms with Crippen LogP contribution in [0.3, 0.4) is 0 Å². The normalized spacial score (nSPS) is 22.9. The third-order valence-electron chi connectivity index (χ3n) is 2.16. The molecule has 1 saturated heterocycles. The largest absolute Gasteiger partial charge is 0.481 e. The van der Waals surface area contributed by atoms with Gasteiger partial charge >= 0.3 is 5.97 Å². The molecule has 1 unspecified atom stereocenters. The fraction of sp³-hybridized carbons (Fsp3) is 0.889. The number of nitrogens with one attached hydrogen (secondary N) is 1. The molecular weight excluding hydrogens is 186 g/mol. The Labute approximate surface area is 83.3 Å². The van der Waals surface area contributed by atoms with Gasteiger partial charge in [0.15, 0.2) is 0 Å². The highest BCUT2D eigenvalue weighted by Crippen LogP contribution is 2.24. The molecule has 1 aliphatic heterocycles. The van der Waals surface area contributed by atoms with Crippen molar-refractivity contribution < 1.29 is 9.90 Å². The Morgan fingerprint density at radius 3 is 3.00 bits per heavy atom. The Balaban J connectivity index is 1.95. The summed E-state index contributed by atoms with van der Waals surface area (Å²) in [7, 11) is 0. The van der Waals surface area contributed by atoms with Crippen LogP contribution in [0.4, 0.5) is 0 Å². The minimum absolute atomic E-state index is 0.234. The maximum atomic E-state index is 10.2. The van der Waals surface area contributed by atoms with Crippen molar-refractivity contribution in [3.8, 4) is 0 Å². The summed E-state index contributed by atoms with van der Waals surface area (Å²) in [5, 5.41) is 12.3. The van der Waals surface area contributed by atoms with Crippen molar-refractivity contribution in [3.63, 3.8) is 0 Å². The van der Waals surface area contributed by atoms with E-state index in [1.54, 1.807) is 0 Å². The highest BCUT2D eigenvalue weighted by atomic mass is 32.2. The molecule has 4 heteroatoms. The average molecular weight is 203 g/mol. The van der Waals surface area contributed by atoms with Gasteiger partial charge in [0.25, 0.3) is 0 Å². The van der Waals surface area contributed by atoms with Crippen LogP contribution in [0.5, 0.6) is 0 Å². The van der Waals surface area contributed by atoms with Crippen LogP contribution in [0.1, 0.15) is 25.7 Å². The molecule has 3 nitrogen and oxygen atoms in total. The highest BCUT2D eigenvalue weighted by Gasteiger charge is 2.12. The standard InChI is InChI=1S/C9H17NO2S/c11-9(12)4-5-10-7-8-3-1-2-6-13-8/h8,10H,1-7H2,(H,11,12). The van der Waals surface area contributed by atoms with E-state index in [1.807, 2.05) is 11.8 Å². The molecule has 1 atom stereocenters. The maximum Gasteiger partial charge on any atom is 0.304 e. The Morgan fingerprint density at radius 1 is 1.54 bits per heavy atom. The lowest BCUT2D eigenvalue weighted by Gasteiger charge is -2.21. The summed E-state index contributed by atoms with van der Waals surface area (Å²) in [6.45, 7) is 1.57. The summed E-state index contributed by atoms with van der Waals surface area (Å²) >= 11 is 2.01. The molecule has 0 amide bonds. The number of thioether (sulfide) groups is 1. The lowest BCUT2D eigenvalue weighted by Crippen LogP contribution is -2.28. The molecule has 1 heterocycles. The minimum Gasteiger partial charge on any atom is -0.481 e. The van der Waals surface area contributed by atoms with Crippen molar-refractivity contribution in [2.24, 2.45) is 0 Å². The first kappa shape index (κ1) is 10.9. The topological polar surface area (TPSA) is 49.3 Å². The predicted octanol–water partition coefficient (Wildman–Crippen LogP) is 1.34. The van der Waals surface area contributed by atoms with Gasteiger partial charge in [-0.15, -0.1) is 0 Å². The summed E-state index contributed by atoms with van der Waals surface area (Å²) < 4.78 is 0. The summed E-state index contributed by atoms with van der Waals surface area (Å²) in [4.78, 5) is 10.2. The minimum atomic E-state index is -0.719. The van der Waals surface area contributed by atoms with Crippen LogP contribution >= 0.6 is 11.8 Å². The van der Waals surface area contributed by atoms with E-state index in [0.29, 0.717) is 11.8 Å². The van der Waals surface area contributed by atoms with Crippen molar-refractivity contribution >= 4 is 17.7 Å². The first-order chi connectivity index (χ1) is 6.29. The molecule has 2 N–H and O–H groups in total. The van der Waals surface area contributed by atoms with Crippen LogP contribution in [0, 0.1) is 0 Å². The molecule has 0 aromatic heterocycles. The molecule has 0 aliphatic carbocycles. The zero-order valence-electron chi connectivity index (χ0n) is 7.79. The first-order valence-corrected chi connectivity index (χ1v) is 5.88. The van der Waals surface area contributed by atoms with Gasteiger partial charge in [0.05, 0.1) is 6.42 Å². The molecule has 0 aromatic carbocycles. The van der Waals surface area contributed by atoms with E-state index in [0.717, 1.165) is 6.54 Å². The van der Waals surface area contributed by atoms with E-state index in [4.69, 9.17) is 5.11 Å². The summed E-state index contributed by atoms with van der Waals surface area (Å²) in [6, 6.07) is 0. The van der Waals surface area contributed by atoms with Gasteiger partial charge in [-0.2, -0.15) is 11.8 Å². The highest BCUT2D eigenvalue weighted by molar-refractivity contribution is 7.99. The van der Waals surface area contributed by atoms with E-state index in [1.165, 1.54) is 25.0 Å². The molecule has 0 aromatic rings. The SMILES string of the molecule is O=C(O)CCNCC1CCCCS1. The molecule has 1 rings (SSSR count). The molecule has 0 saturated carbocycles. The van der Waals surface area contributed by atoms with Crippen LogP contribution in [-0.4, -0.2) is 35.2 Å². The summed E-state index contributed by atoms with van der Waals surface area (Å²) in [5.74, 6) is 0.550. The van der Waals surface area contributed by atoms with Crippen molar-refractivity contribution in [2.75, 3.05) is 18.8 Å². The summed E-state index contributed by atoms with van der Waals surface area (Å²) in [6.07, 6.45) is 4.19. The van der Waals surface area contributed by atoms with Crippen molar-refractivity contribution in [1.82, 2.24) is 5.32 Å². The van der Waals surface area contributed by atoms with Crippen molar-refractivity contribution in [2.45, 2.75) is 30.9 Å². The van der Waals surface area contributed by atoms with Crippen LogP contribution in [0.2, 0.25) is 0 Å². The number of aliphatic carboxylic acids is 1. The van der Waals surface area contributed by atoms with Gasteiger partial charge in [-0.3, -0.25) is 4.79 Å². The van der Waals surface area contributed by atoms with Gasteiger partial charge in [-0.25, -0.2) is 0 Å². The summed E-state index contributed by atoms with van der Waals surface area (Å²) in [5.41, 5.74) is 0. The van der Waals surface area contributed by atoms with Gasteiger partial charge in [0.2, 0.25) is 0 Å². The van der Waals surface area contributed by atoms with E-state index in [2.05, 4.69) is 5.32 Å². The molecule has 13 heavy (non-hydrogen) atoms. The Kier molecular flexibility index (Phi) is 5.23. The van der Waals surface area contributed by atoms with Crippen LogP contribution in [0.15, 0.2) is 0 Å². The zero-order valence-corrected chi connectivity index (χ0v) is 8.61. The molecular formula is C9H17NO2S. The number of carboxylic acid groups (broad SMARTS) is 1. The second-order valence-electron chi connectivity index (χ2n) is 3.34. The number of hydrogen-bond donors (Lipinski definition) is 2. The molecule has 76 valence electrons. The molecule has 0 bridgehead atoms. The van der Waals surface area contributed by atoms with E-state index < -0.39 is 5.97 Å². The monoisotopic (exact) mass is 203 g/mol. The quantitative estimate of drug-likeness (QED) is 0.662. The predicted molar refractivity (Wildman–Crippen MR) is 55.2 cm³/mol. The lowest BCUT2D eigenvalue weighted by atomic mass is 10.2. The molecule has 0 radical (unpaired) electrons. The number of carboxylic acids is 1. The van der Waals surface area contributed by atoms with E-state index >= 15 is 0 Å². The molecule has 0 spiro atoms. The van der Waals surface area contributed by atoms with Crippen molar-refractivity contribution in [1.29, 1.82) is 0 Å². The number of carbonyl (C=O) groups is 1. The maximum absolute atomic E-state index is 10.2. The third-order valence-corrected chi connectivity index (χ3v) is 3.56. The van der Waals surface area contributed by atoms with Crippen LogP contribution < -0.4 is 5.32 Å². The van der Waals surface area contributed by atoms with E-state index in [-0.39, 0.29) is 6.42 Å². The van der Waals surface area contributed by atoms with Gasteiger partial charge in [0.1, 0.15) is 0 Å². The fourth-order valence-corrected chi connectivity index (χ4v) is 2.70. The second-order valence-corrected chi connectivity index (χ2v) is 4.74. The second kappa shape index (κ2) is 6.27. The zero-order chi connectivity index (χ0) is 9.52. The third kappa shape index (κ3) is 5.16.